The highest BCUT2D eigenvalue weighted by Gasteiger charge is 2.22. The van der Waals surface area contributed by atoms with Crippen molar-refractivity contribution >= 4 is 46.1 Å². The van der Waals surface area contributed by atoms with Crippen molar-refractivity contribution < 1.29 is 9.59 Å². The Morgan fingerprint density at radius 1 is 1.21 bits per heavy atom. The molecule has 0 fully saturated rings. The fourth-order valence-corrected chi connectivity index (χ4v) is 4.22. The van der Waals surface area contributed by atoms with E-state index in [1.165, 1.54) is 11.3 Å². The van der Waals surface area contributed by atoms with Crippen LogP contribution < -0.4 is 16.4 Å². The molecular formula is C19H23N5O2S2. The van der Waals surface area contributed by atoms with E-state index < -0.39 is 12.1 Å². The SMILES string of the molecule is CSCC[C@H](NC(=O)C[C@H](NC(N)=O)c1cccs1)c1nc2ccccc2[nH]1. The van der Waals surface area contributed by atoms with E-state index in [0.717, 1.165) is 33.9 Å². The molecule has 0 aliphatic rings. The second kappa shape index (κ2) is 9.61. The summed E-state index contributed by atoms with van der Waals surface area (Å²) in [5, 5.41) is 7.61. The first kappa shape index (κ1) is 20.2. The molecule has 3 aromatic rings. The number of aromatic amines is 1. The number of fused-ring (bicyclic) bond motifs is 1. The van der Waals surface area contributed by atoms with Gasteiger partial charge in [-0.15, -0.1) is 11.3 Å². The molecule has 0 bridgehead atoms. The number of carbonyl (C=O) groups is 2. The van der Waals surface area contributed by atoms with Gasteiger partial charge in [0, 0.05) is 4.88 Å². The van der Waals surface area contributed by atoms with Gasteiger partial charge < -0.3 is 21.4 Å². The van der Waals surface area contributed by atoms with Crippen molar-refractivity contribution in [3.05, 3.63) is 52.5 Å². The molecule has 0 spiro atoms. The van der Waals surface area contributed by atoms with Gasteiger partial charge in [-0.2, -0.15) is 11.8 Å². The smallest absolute Gasteiger partial charge is 0.312 e. The lowest BCUT2D eigenvalue weighted by molar-refractivity contribution is -0.122. The molecule has 28 heavy (non-hydrogen) atoms. The van der Waals surface area contributed by atoms with E-state index in [4.69, 9.17) is 5.73 Å². The first-order chi connectivity index (χ1) is 13.6. The molecule has 0 saturated heterocycles. The van der Waals surface area contributed by atoms with Gasteiger partial charge in [-0.05, 0) is 42.0 Å². The maximum Gasteiger partial charge on any atom is 0.312 e. The first-order valence-electron chi connectivity index (χ1n) is 8.89. The van der Waals surface area contributed by atoms with Crippen molar-refractivity contribution in [1.82, 2.24) is 20.6 Å². The average molecular weight is 418 g/mol. The third-order valence-corrected chi connectivity index (χ3v) is 5.91. The minimum Gasteiger partial charge on any atom is -0.352 e. The van der Waals surface area contributed by atoms with Crippen LogP contribution in [0.5, 0.6) is 0 Å². The Hall–Kier alpha value is -2.52. The highest BCUT2D eigenvalue weighted by atomic mass is 32.2. The molecule has 0 radical (unpaired) electrons. The van der Waals surface area contributed by atoms with Crippen molar-refractivity contribution in [2.45, 2.75) is 24.9 Å². The van der Waals surface area contributed by atoms with Crippen LogP contribution in [-0.4, -0.2) is 33.9 Å². The normalized spacial score (nSPS) is 13.2. The molecule has 2 atom stereocenters. The number of rotatable bonds is 9. The van der Waals surface area contributed by atoms with Gasteiger partial charge in [0.2, 0.25) is 5.91 Å². The zero-order chi connectivity index (χ0) is 19.9. The summed E-state index contributed by atoms with van der Waals surface area (Å²) in [5.41, 5.74) is 7.09. The van der Waals surface area contributed by atoms with E-state index in [1.54, 1.807) is 11.8 Å². The summed E-state index contributed by atoms with van der Waals surface area (Å²) in [7, 11) is 0. The molecule has 3 rings (SSSR count). The molecule has 2 aromatic heterocycles. The minimum atomic E-state index is -0.651. The maximum atomic E-state index is 12.7. The Labute approximate surface area is 171 Å². The fourth-order valence-electron chi connectivity index (χ4n) is 2.97. The lowest BCUT2D eigenvalue weighted by atomic mass is 10.1. The number of benzene rings is 1. The summed E-state index contributed by atoms with van der Waals surface area (Å²) < 4.78 is 0. The number of thiophene rings is 1. The van der Waals surface area contributed by atoms with Crippen LogP contribution in [-0.2, 0) is 4.79 Å². The molecular weight excluding hydrogens is 394 g/mol. The number of nitrogens with one attached hydrogen (secondary N) is 3. The Bertz CT molecular complexity index is 892. The van der Waals surface area contributed by atoms with Crippen LogP contribution in [0.2, 0.25) is 0 Å². The molecule has 9 heteroatoms. The van der Waals surface area contributed by atoms with Gasteiger partial charge >= 0.3 is 6.03 Å². The molecule has 0 aliphatic heterocycles. The summed E-state index contributed by atoms with van der Waals surface area (Å²) in [5.74, 6) is 1.45. The second-order valence-electron chi connectivity index (χ2n) is 6.32. The van der Waals surface area contributed by atoms with Crippen molar-refractivity contribution in [3.8, 4) is 0 Å². The average Bonchev–Trinajstić information content (AvgIpc) is 3.33. The minimum absolute atomic E-state index is 0.111. The molecule has 7 nitrogen and oxygen atoms in total. The lowest BCUT2D eigenvalue weighted by Crippen LogP contribution is -2.37. The summed E-state index contributed by atoms with van der Waals surface area (Å²) in [6.45, 7) is 0. The van der Waals surface area contributed by atoms with Gasteiger partial charge in [-0.3, -0.25) is 4.79 Å². The number of aromatic nitrogens is 2. The van der Waals surface area contributed by atoms with Crippen molar-refractivity contribution in [2.75, 3.05) is 12.0 Å². The van der Waals surface area contributed by atoms with Gasteiger partial charge in [0.25, 0.3) is 0 Å². The molecule has 5 N–H and O–H groups in total. The van der Waals surface area contributed by atoms with Crippen LogP contribution in [0.1, 0.15) is 35.6 Å². The number of para-hydroxylation sites is 2. The highest BCUT2D eigenvalue weighted by molar-refractivity contribution is 7.98. The van der Waals surface area contributed by atoms with E-state index in [9.17, 15) is 9.59 Å². The number of primary amides is 1. The number of imidazole rings is 1. The van der Waals surface area contributed by atoms with E-state index in [2.05, 4.69) is 20.6 Å². The largest absolute Gasteiger partial charge is 0.352 e. The summed E-state index contributed by atoms with van der Waals surface area (Å²) in [6.07, 6.45) is 2.89. The summed E-state index contributed by atoms with van der Waals surface area (Å²) in [6, 6.07) is 10.2. The van der Waals surface area contributed by atoms with Crippen LogP contribution >= 0.6 is 23.1 Å². The molecule has 148 valence electrons. The number of carbonyl (C=O) groups excluding carboxylic acids is 2. The quantitative estimate of drug-likeness (QED) is 0.428. The lowest BCUT2D eigenvalue weighted by Gasteiger charge is -2.20. The maximum absolute atomic E-state index is 12.7. The molecule has 3 amide bonds. The zero-order valence-corrected chi connectivity index (χ0v) is 17.1. The molecule has 2 heterocycles. The van der Waals surface area contributed by atoms with Gasteiger partial charge in [0.05, 0.1) is 29.5 Å². The molecule has 0 saturated carbocycles. The predicted octanol–water partition coefficient (Wildman–Crippen LogP) is 3.33. The molecule has 0 aliphatic carbocycles. The number of amides is 3. The fraction of sp³-hybridized carbons (Fsp3) is 0.316. The van der Waals surface area contributed by atoms with Crippen LogP contribution in [0, 0.1) is 0 Å². The van der Waals surface area contributed by atoms with Crippen LogP contribution in [0.25, 0.3) is 11.0 Å². The van der Waals surface area contributed by atoms with Crippen LogP contribution in [0.3, 0.4) is 0 Å². The van der Waals surface area contributed by atoms with Gasteiger partial charge in [0.15, 0.2) is 0 Å². The van der Waals surface area contributed by atoms with Crippen molar-refractivity contribution in [3.63, 3.8) is 0 Å². The Morgan fingerprint density at radius 2 is 2.04 bits per heavy atom. The van der Waals surface area contributed by atoms with E-state index in [0.29, 0.717) is 0 Å². The predicted molar refractivity (Wildman–Crippen MR) is 114 cm³/mol. The molecule has 0 unspecified atom stereocenters. The summed E-state index contributed by atoms with van der Waals surface area (Å²) in [4.78, 5) is 32.9. The topological polar surface area (TPSA) is 113 Å². The number of nitrogens with two attached hydrogens (primary N) is 1. The number of nitrogens with zero attached hydrogens (tertiary/aromatic N) is 1. The number of thioether (sulfide) groups is 1. The molecule has 1 aromatic carbocycles. The van der Waals surface area contributed by atoms with E-state index in [-0.39, 0.29) is 18.4 Å². The zero-order valence-electron chi connectivity index (χ0n) is 15.5. The summed E-state index contributed by atoms with van der Waals surface area (Å²) >= 11 is 3.19. The van der Waals surface area contributed by atoms with Gasteiger partial charge in [-0.1, -0.05) is 18.2 Å². The highest BCUT2D eigenvalue weighted by Crippen LogP contribution is 2.24. The first-order valence-corrected chi connectivity index (χ1v) is 11.2. The Kier molecular flexibility index (Phi) is 6.94. The van der Waals surface area contributed by atoms with Crippen LogP contribution in [0.4, 0.5) is 4.79 Å². The van der Waals surface area contributed by atoms with E-state index in [1.807, 2.05) is 48.0 Å². The monoisotopic (exact) mass is 417 g/mol. The number of H-pyrrole nitrogens is 1. The van der Waals surface area contributed by atoms with Gasteiger partial charge in [-0.25, -0.2) is 9.78 Å². The second-order valence-corrected chi connectivity index (χ2v) is 8.29. The van der Waals surface area contributed by atoms with Crippen molar-refractivity contribution in [2.24, 2.45) is 5.73 Å². The number of hydrogen-bond donors (Lipinski definition) is 4. The number of urea groups is 1. The third kappa shape index (κ3) is 5.26. The Balaban J connectivity index is 1.73. The van der Waals surface area contributed by atoms with Crippen molar-refractivity contribution in [1.29, 1.82) is 0 Å². The van der Waals surface area contributed by atoms with Crippen LogP contribution in [0.15, 0.2) is 41.8 Å². The third-order valence-electron chi connectivity index (χ3n) is 4.28. The standard InChI is InChI=1S/C19H23N5O2S2/c1-27-10-8-14(18-22-12-5-2-3-6-13(12)23-18)21-17(25)11-15(24-19(20)26)16-7-4-9-28-16/h2-7,9,14-15H,8,10-11H2,1H3,(H,21,25)(H,22,23)(H3,20,24,26)/t14-,15-/m0/s1. The number of hydrogen-bond acceptors (Lipinski definition) is 5. The van der Waals surface area contributed by atoms with E-state index >= 15 is 0 Å². The van der Waals surface area contributed by atoms with Gasteiger partial charge in [0.1, 0.15) is 5.82 Å². The Morgan fingerprint density at radius 3 is 2.71 bits per heavy atom.